The maximum absolute atomic E-state index is 13.4. The van der Waals surface area contributed by atoms with Crippen LogP contribution in [0.5, 0.6) is 11.5 Å². The summed E-state index contributed by atoms with van der Waals surface area (Å²) in [5.74, 6) is 1.77. The van der Waals surface area contributed by atoms with Crippen molar-refractivity contribution in [3.05, 3.63) is 46.2 Å². The minimum Gasteiger partial charge on any atom is -0.454 e. The third-order valence-electron chi connectivity index (χ3n) is 5.35. The molecule has 2 heterocycles. The minimum absolute atomic E-state index is 0.0411. The topological polar surface area (TPSA) is 59.1 Å². The Kier molecular flexibility index (Phi) is 8.97. The van der Waals surface area contributed by atoms with E-state index in [0.717, 1.165) is 35.5 Å². The van der Waals surface area contributed by atoms with Gasteiger partial charge in [-0.1, -0.05) is 45.7 Å². The number of fused-ring (bicyclic) bond motifs is 1. The molecule has 0 bridgehead atoms. The molecule has 0 N–H and O–H groups in total. The molecule has 1 aromatic carbocycles. The molecule has 0 unspecified atom stereocenters. The van der Waals surface area contributed by atoms with E-state index in [1.807, 2.05) is 40.6 Å². The summed E-state index contributed by atoms with van der Waals surface area (Å²) in [5.41, 5.74) is 0.976. The highest BCUT2D eigenvalue weighted by Gasteiger charge is 2.23. The average molecular weight is 459 g/mol. The number of rotatable bonds is 12. The maximum atomic E-state index is 13.4. The predicted molar refractivity (Wildman–Crippen MR) is 127 cm³/mol. The van der Waals surface area contributed by atoms with E-state index in [1.54, 1.807) is 16.2 Å². The van der Waals surface area contributed by atoms with Crippen LogP contribution in [0.15, 0.2) is 35.7 Å². The van der Waals surface area contributed by atoms with Gasteiger partial charge in [-0.15, -0.1) is 11.3 Å². The molecule has 32 heavy (non-hydrogen) atoms. The number of benzene rings is 1. The van der Waals surface area contributed by atoms with Gasteiger partial charge in [0.2, 0.25) is 18.6 Å². The monoisotopic (exact) mass is 458 g/mol. The molecule has 1 aromatic heterocycles. The number of thiophene rings is 1. The second-order valence-electron chi connectivity index (χ2n) is 8.64. The van der Waals surface area contributed by atoms with Gasteiger partial charge in [0.15, 0.2) is 11.5 Å². The van der Waals surface area contributed by atoms with Crippen LogP contribution in [0.4, 0.5) is 0 Å². The maximum Gasteiger partial charge on any atom is 0.242 e. The number of amides is 2. The second kappa shape index (κ2) is 11.9. The highest BCUT2D eigenvalue weighted by atomic mass is 32.1. The lowest BCUT2D eigenvalue weighted by Crippen LogP contribution is -2.43. The first-order valence-electron chi connectivity index (χ1n) is 11.4. The SMILES string of the molecule is CCCCCC(=O)N(CC(=O)N(Cc1ccc2c(c1)OCO2)Cc1cccs1)CC(C)C. The Bertz CT molecular complexity index is 882. The summed E-state index contributed by atoms with van der Waals surface area (Å²) >= 11 is 1.63. The zero-order chi connectivity index (χ0) is 22.9. The van der Waals surface area contributed by atoms with Crippen molar-refractivity contribution in [1.29, 1.82) is 0 Å². The number of carbonyl (C=O) groups excluding carboxylic acids is 2. The zero-order valence-corrected chi connectivity index (χ0v) is 20.2. The van der Waals surface area contributed by atoms with Gasteiger partial charge >= 0.3 is 0 Å². The van der Waals surface area contributed by atoms with E-state index in [4.69, 9.17) is 9.47 Å². The van der Waals surface area contributed by atoms with Crippen molar-refractivity contribution in [3.63, 3.8) is 0 Å². The molecule has 1 aliphatic rings. The van der Waals surface area contributed by atoms with Crippen molar-refractivity contribution < 1.29 is 19.1 Å². The molecule has 0 saturated carbocycles. The van der Waals surface area contributed by atoms with Crippen LogP contribution in [-0.2, 0) is 22.7 Å². The molecular formula is C25H34N2O4S. The van der Waals surface area contributed by atoms with Gasteiger partial charge in [0.1, 0.15) is 0 Å². The molecule has 0 atom stereocenters. The van der Waals surface area contributed by atoms with Gasteiger partial charge in [-0.2, -0.15) is 0 Å². The van der Waals surface area contributed by atoms with E-state index < -0.39 is 0 Å². The van der Waals surface area contributed by atoms with Crippen molar-refractivity contribution in [2.75, 3.05) is 19.9 Å². The van der Waals surface area contributed by atoms with Crippen LogP contribution in [0.2, 0.25) is 0 Å². The van der Waals surface area contributed by atoms with E-state index in [-0.39, 0.29) is 25.2 Å². The molecule has 2 aromatic rings. The van der Waals surface area contributed by atoms with Crippen LogP contribution in [0.3, 0.4) is 0 Å². The summed E-state index contributed by atoms with van der Waals surface area (Å²) in [6.45, 7) is 8.17. The highest BCUT2D eigenvalue weighted by molar-refractivity contribution is 7.09. The van der Waals surface area contributed by atoms with Crippen molar-refractivity contribution in [2.24, 2.45) is 5.92 Å². The lowest BCUT2D eigenvalue weighted by atomic mass is 10.1. The summed E-state index contributed by atoms with van der Waals surface area (Å²) < 4.78 is 10.9. The molecular weight excluding hydrogens is 424 g/mol. The predicted octanol–water partition coefficient (Wildman–Crippen LogP) is 5.07. The van der Waals surface area contributed by atoms with Crippen molar-refractivity contribution in [2.45, 2.75) is 59.5 Å². The number of ether oxygens (including phenoxy) is 2. The smallest absolute Gasteiger partial charge is 0.242 e. The Balaban J connectivity index is 1.73. The highest BCUT2D eigenvalue weighted by Crippen LogP contribution is 2.33. The Hall–Kier alpha value is -2.54. The summed E-state index contributed by atoms with van der Waals surface area (Å²) in [5, 5.41) is 2.01. The van der Waals surface area contributed by atoms with Gasteiger partial charge in [-0.25, -0.2) is 0 Å². The van der Waals surface area contributed by atoms with Gasteiger partial charge in [-0.3, -0.25) is 9.59 Å². The minimum atomic E-state index is -0.0411. The Morgan fingerprint density at radius 2 is 1.84 bits per heavy atom. The van der Waals surface area contributed by atoms with Gasteiger partial charge in [0.25, 0.3) is 0 Å². The molecule has 0 aliphatic carbocycles. The molecule has 0 spiro atoms. The number of unbranched alkanes of at least 4 members (excludes halogenated alkanes) is 2. The normalized spacial score (nSPS) is 12.2. The molecule has 0 saturated heterocycles. The van der Waals surface area contributed by atoms with E-state index in [1.165, 1.54) is 0 Å². The standard InChI is InChI=1S/C25H34N2O4S/c1-4-5-6-9-24(28)26(14-19(2)3)17-25(29)27(16-21-8-7-12-32-21)15-20-10-11-22-23(13-20)31-18-30-22/h7-8,10-13,19H,4-6,9,14-18H2,1-3H3. The van der Waals surface area contributed by atoms with Crippen LogP contribution in [0, 0.1) is 5.92 Å². The Morgan fingerprint density at radius 1 is 1.03 bits per heavy atom. The number of hydrogen-bond acceptors (Lipinski definition) is 5. The summed E-state index contributed by atoms with van der Waals surface area (Å²) in [7, 11) is 0. The largest absolute Gasteiger partial charge is 0.454 e. The molecule has 174 valence electrons. The average Bonchev–Trinajstić information content (AvgIpc) is 3.44. The van der Waals surface area contributed by atoms with E-state index in [9.17, 15) is 9.59 Å². The summed E-state index contributed by atoms with van der Waals surface area (Å²) in [4.78, 5) is 30.9. The fourth-order valence-electron chi connectivity index (χ4n) is 3.73. The first kappa shape index (κ1) is 24.1. The third kappa shape index (κ3) is 6.99. The van der Waals surface area contributed by atoms with Crippen molar-refractivity contribution >= 4 is 23.2 Å². The van der Waals surface area contributed by atoms with E-state index >= 15 is 0 Å². The zero-order valence-electron chi connectivity index (χ0n) is 19.3. The van der Waals surface area contributed by atoms with Gasteiger partial charge < -0.3 is 19.3 Å². The molecule has 0 radical (unpaired) electrons. The van der Waals surface area contributed by atoms with Crippen molar-refractivity contribution in [3.8, 4) is 11.5 Å². The lowest BCUT2D eigenvalue weighted by molar-refractivity contribution is -0.141. The Labute approximate surface area is 195 Å². The van der Waals surface area contributed by atoms with Crippen LogP contribution in [0.25, 0.3) is 0 Å². The van der Waals surface area contributed by atoms with Crippen molar-refractivity contribution in [1.82, 2.24) is 9.80 Å². The number of hydrogen-bond donors (Lipinski definition) is 0. The fourth-order valence-corrected chi connectivity index (χ4v) is 4.44. The van der Waals surface area contributed by atoms with E-state index in [2.05, 4.69) is 20.8 Å². The van der Waals surface area contributed by atoms with Gasteiger partial charge in [-0.05, 0) is 41.5 Å². The number of nitrogens with zero attached hydrogens (tertiary/aromatic N) is 2. The molecule has 6 nitrogen and oxygen atoms in total. The van der Waals surface area contributed by atoms with Crippen LogP contribution in [-0.4, -0.2) is 41.5 Å². The lowest BCUT2D eigenvalue weighted by Gasteiger charge is -2.29. The molecule has 7 heteroatoms. The van der Waals surface area contributed by atoms with Gasteiger partial charge in [0.05, 0.1) is 13.1 Å². The van der Waals surface area contributed by atoms with Crippen LogP contribution >= 0.6 is 11.3 Å². The quantitative estimate of drug-likeness (QED) is 0.417. The Morgan fingerprint density at radius 3 is 2.56 bits per heavy atom. The van der Waals surface area contributed by atoms with Crippen LogP contribution in [0.1, 0.15) is 56.9 Å². The molecule has 1 aliphatic heterocycles. The summed E-state index contributed by atoms with van der Waals surface area (Å²) in [6.07, 6.45) is 3.47. The first-order valence-corrected chi connectivity index (χ1v) is 12.3. The van der Waals surface area contributed by atoms with Gasteiger partial charge in [0, 0.05) is 24.4 Å². The molecule has 3 rings (SSSR count). The first-order chi connectivity index (χ1) is 15.5. The number of carbonyl (C=O) groups is 2. The fraction of sp³-hybridized carbons (Fsp3) is 0.520. The van der Waals surface area contributed by atoms with Crippen LogP contribution < -0.4 is 9.47 Å². The third-order valence-corrected chi connectivity index (χ3v) is 6.21. The second-order valence-corrected chi connectivity index (χ2v) is 9.67. The van der Waals surface area contributed by atoms with E-state index in [0.29, 0.717) is 37.7 Å². The molecule has 0 fully saturated rings. The summed E-state index contributed by atoms with van der Waals surface area (Å²) in [6, 6.07) is 9.80. The molecule has 2 amide bonds.